The van der Waals surface area contributed by atoms with Gasteiger partial charge < -0.3 is 19.8 Å². The van der Waals surface area contributed by atoms with E-state index in [1.807, 2.05) is 12.1 Å². The quantitative estimate of drug-likeness (QED) is 0.343. The van der Waals surface area contributed by atoms with Crippen molar-refractivity contribution in [1.29, 1.82) is 0 Å². The Balaban J connectivity index is 0.00000300. The summed E-state index contributed by atoms with van der Waals surface area (Å²) in [7, 11) is 1.74. The van der Waals surface area contributed by atoms with Crippen LogP contribution in [0.4, 0.5) is 0 Å². The number of oxazole rings is 1. The van der Waals surface area contributed by atoms with Crippen LogP contribution in [0.25, 0.3) is 0 Å². The van der Waals surface area contributed by atoms with Gasteiger partial charge in [0.25, 0.3) is 0 Å². The molecule has 7 nitrogen and oxygen atoms in total. The summed E-state index contributed by atoms with van der Waals surface area (Å²) in [4.78, 5) is 13.0. The highest BCUT2D eigenvalue weighted by Gasteiger charge is 2.20. The van der Waals surface area contributed by atoms with E-state index in [0.717, 1.165) is 24.2 Å². The van der Waals surface area contributed by atoms with Crippen molar-refractivity contribution < 1.29 is 9.15 Å². The summed E-state index contributed by atoms with van der Waals surface area (Å²) in [6, 6.07) is 3.96. The molecule has 0 radical (unpaired) electrons. The lowest BCUT2D eigenvalue weighted by Crippen LogP contribution is -2.36. The first-order valence-corrected chi connectivity index (χ1v) is 9.96. The summed E-state index contributed by atoms with van der Waals surface area (Å²) in [5, 5.41) is 6.54. The minimum atomic E-state index is -0.0544. The second-order valence-electron chi connectivity index (χ2n) is 8.14. The fraction of sp³-hybridized carbons (Fsp3) is 0.571. The summed E-state index contributed by atoms with van der Waals surface area (Å²) in [6.45, 7) is 7.35. The van der Waals surface area contributed by atoms with Crippen molar-refractivity contribution in [2.24, 2.45) is 4.99 Å². The number of halogens is 1. The normalized spacial score (nSPS) is 15.1. The molecule has 1 aliphatic carbocycles. The Hall–Kier alpha value is -1.84. The Bertz CT molecular complexity index is 794. The standard InChI is InChI=1S/C21H31N5O2.HI/c1-21(2,3)17-13-24-18(28-17)14-26-20(22-4)25-12-15-8-7-11-23-19(15)27-16-9-5-6-10-16;/h7-8,11,13,16H,5-6,9-10,12,14H2,1-4H3,(H2,22,25,26);1H. The van der Waals surface area contributed by atoms with E-state index < -0.39 is 0 Å². The van der Waals surface area contributed by atoms with Crippen molar-refractivity contribution in [1.82, 2.24) is 20.6 Å². The van der Waals surface area contributed by atoms with Crippen LogP contribution in [0.3, 0.4) is 0 Å². The Morgan fingerprint density at radius 3 is 2.59 bits per heavy atom. The zero-order valence-electron chi connectivity index (χ0n) is 17.7. The Kier molecular flexibility index (Phi) is 8.73. The number of ether oxygens (including phenoxy) is 1. The number of nitrogens with zero attached hydrogens (tertiary/aromatic N) is 3. The van der Waals surface area contributed by atoms with Gasteiger partial charge in [0.05, 0.1) is 12.7 Å². The lowest BCUT2D eigenvalue weighted by molar-refractivity contribution is 0.199. The molecule has 1 fully saturated rings. The number of guanidine groups is 1. The minimum absolute atomic E-state index is 0. The summed E-state index contributed by atoms with van der Waals surface area (Å²) >= 11 is 0. The number of aliphatic imine (C=N–C) groups is 1. The van der Waals surface area contributed by atoms with Gasteiger partial charge in [-0.1, -0.05) is 26.8 Å². The van der Waals surface area contributed by atoms with E-state index in [2.05, 4.69) is 46.4 Å². The highest BCUT2D eigenvalue weighted by atomic mass is 127. The largest absolute Gasteiger partial charge is 0.474 e. The number of aromatic nitrogens is 2. The molecule has 0 saturated heterocycles. The summed E-state index contributed by atoms with van der Waals surface area (Å²) < 4.78 is 11.9. The zero-order chi connectivity index (χ0) is 20.0. The molecule has 0 bridgehead atoms. The van der Waals surface area contributed by atoms with E-state index in [9.17, 15) is 0 Å². The smallest absolute Gasteiger partial charge is 0.218 e. The molecule has 2 aromatic rings. The third-order valence-electron chi connectivity index (χ3n) is 4.80. The maximum Gasteiger partial charge on any atom is 0.218 e. The molecule has 3 rings (SSSR count). The first-order chi connectivity index (χ1) is 13.5. The Morgan fingerprint density at radius 1 is 1.21 bits per heavy atom. The molecule has 0 aromatic carbocycles. The van der Waals surface area contributed by atoms with Crippen LogP contribution < -0.4 is 15.4 Å². The third-order valence-corrected chi connectivity index (χ3v) is 4.80. The number of rotatable bonds is 6. The van der Waals surface area contributed by atoms with Crippen molar-refractivity contribution >= 4 is 29.9 Å². The number of hydrogen-bond donors (Lipinski definition) is 2. The van der Waals surface area contributed by atoms with Crippen LogP contribution in [0.15, 0.2) is 33.9 Å². The van der Waals surface area contributed by atoms with E-state index >= 15 is 0 Å². The van der Waals surface area contributed by atoms with Gasteiger partial charge in [0.1, 0.15) is 11.9 Å². The predicted octanol–water partition coefficient (Wildman–Crippen LogP) is 4.17. The molecule has 0 atom stereocenters. The molecular formula is C21H32IN5O2. The van der Waals surface area contributed by atoms with Crippen molar-refractivity contribution in [3.63, 3.8) is 0 Å². The zero-order valence-corrected chi connectivity index (χ0v) is 20.0. The van der Waals surface area contributed by atoms with E-state index in [0.29, 0.717) is 30.8 Å². The van der Waals surface area contributed by atoms with Gasteiger partial charge in [0, 0.05) is 30.8 Å². The van der Waals surface area contributed by atoms with Crippen molar-refractivity contribution in [3.8, 4) is 5.88 Å². The van der Waals surface area contributed by atoms with Crippen molar-refractivity contribution in [2.45, 2.75) is 71.1 Å². The SMILES string of the molecule is CN=C(NCc1ncc(C(C)(C)C)o1)NCc1cccnc1OC1CCCC1.I. The lowest BCUT2D eigenvalue weighted by Gasteiger charge is -2.16. The van der Waals surface area contributed by atoms with Gasteiger partial charge in [0.15, 0.2) is 5.96 Å². The first kappa shape index (κ1) is 23.4. The molecule has 2 aromatic heterocycles. The molecular weight excluding hydrogens is 481 g/mol. The molecule has 1 aliphatic rings. The lowest BCUT2D eigenvalue weighted by atomic mass is 9.94. The van der Waals surface area contributed by atoms with Crippen LogP contribution in [-0.4, -0.2) is 29.1 Å². The monoisotopic (exact) mass is 513 g/mol. The molecule has 29 heavy (non-hydrogen) atoms. The number of hydrogen-bond acceptors (Lipinski definition) is 5. The van der Waals surface area contributed by atoms with E-state index in [1.54, 1.807) is 19.4 Å². The van der Waals surface area contributed by atoms with Gasteiger partial charge in [-0.15, -0.1) is 24.0 Å². The third kappa shape index (κ3) is 6.87. The summed E-state index contributed by atoms with van der Waals surface area (Å²) in [5.74, 6) is 2.89. The average molecular weight is 513 g/mol. The van der Waals surface area contributed by atoms with Crippen LogP contribution in [0.5, 0.6) is 5.88 Å². The average Bonchev–Trinajstić information content (AvgIpc) is 3.34. The van der Waals surface area contributed by atoms with Crippen LogP contribution in [0, 0.1) is 0 Å². The van der Waals surface area contributed by atoms with Crippen LogP contribution >= 0.6 is 24.0 Å². The van der Waals surface area contributed by atoms with Crippen LogP contribution in [0.1, 0.15) is 63.7 Å². The highest BCUT2D eigenvalue weighted by molar-refractivity contribution is 14.0. The predicted molar refractivity (Wildman–Crippen MR) is 125 cm³/mol. The maximum absolute atomic E-state index is 6.10. The summed E-state index contributed by atoms with van der Waals surface area (Å²) in [5.41, 5.74) is 0.963. The van der Waals surface area contributed by atoms with Gasteiger partial charge in [-0.2, -0.15) is 0 Å². The maximum atomic E-state index is 6.10. The van der Waals surface area contributed by atoms with Gasteiger partial charge in [-0.05, 0) is 31.7 Å². The first-order valence-electron chi connectivity index (χ1n) is 9.96. The van der Waals surface area contributed by atoms with E-state index in [-0.39, 0.29) is 35.5 Å². The van der Waals surface area contributed by atoms with Crippen molar-refractivity contribution in [2.75, 3.05) is 7.05 Å². The van der Waals surface area contributed by atoms with Crippen LogP contribution in [0.2, 0.25) is 0 Å². The molecule has 8 heteroatoms. The minimum Gasteiger partial charge on any atom is -0.474 e. The second kappa shape index (κ2) is 10.8. The molecule has 160 valence electrons. The molecule has 2 N–H and O–H groups in total. The fourth-order valence-electron chi connectivity index (χ4n) is 3.13. The van der Waals surface area contributed by atoms with Crippen molar-refractivity contribution in [3.05, 3.63) is 41.7 Å². The molecule has 0 spiro atoms. The van der Waals surface area contributed by atoms with E-state index in [4.69, 9.17) is 9.15 Å². The van der Waals surface area contributed by atoms with Gasteiger partial charge >= 0.3 is 0 Å². The molecule has 0 unspecified atom stereocenters. The fourth-order valence-corrected chi connectivity index (χ4v) is 3.13. The Morgan fingerprint density at radius 2 is 1.93 bits per heavy atom. The molecule has 0 amide bonds. The molecule has 1 saturated carbocycles. The molecule has 2 heterocycles. The number of nitrogens with one attached hydrogen (secondary N) is 2. The van der Waals surface area contributed by atoms with Gasteiger partial charge in [-0.25, -0.2) is 9.97 Å². The number of pyridine rings is 1. The van der Waals surface area contributed by atoms with Gasteiger partial charge in [0.2, 0.25) is 11.8 Å². The second-order valence-corrected chi connectivity index (χ2v) is 8.14. The van der Waals surface area contributed by atoms with Gasteiger partial charge in [-0.3, -0.25) is 4.99 Å². The molecule has 0 aliphatic heterocycles. The summed E-state index contributed by atoms with van der Waals surface area (Å²) in [6.07, 6.45) is 8.54. The Labute approximate surface area is 190 Å². The van der Waals surface area contributed by atoms with E-state index in [1.165, 1.54) is 12.8 Å². The van der Waals surface area contributed by atoms with Crippen LogP contribution in [-0.2, 0) is 18.5 Å². The highest BCUT2D eigenvalue weighted by Crippen LogP contribution is 2.25. The topological polar surface area (TPSA) is 84.6 Å².